The van der Waals surface area contributed by atoms with Crippen molar-refractivity contribution in [2.45, 2.75) is 20.0 Å². The van der Waals surface area contributed by atoms with E-state index in [1.165, 1.54) is 24.3 Å². The van der Waals surface area contributed by atoms with Crippen molar-refractivity contribution in [1.29, 1.82) is 0 Å². The third-order valence-corrected chi connectivity index (χ3v) is 6.13. The highest BCUT2D eigenvalue weighted by atomic mass is 16.6. The average molecular weight is 482 g/mol. The molecule has 1 fully saturated rings. The van der Waals surface area contributed by atoms with E-state index in [0.717, 1.165) is 62.8 Å². The lowest BCUT2D eigenvalue weighted by atomic mass is 10.2. The number of non-ortho nitro benzene ring substituents is 1. The second-order valence-corrected chi connectivity index (χ2v) is 8.40. The zero-order chi connectivity index (χ0) is 24.6. The molecule has 1 N–H and O–H groups in total. The molecule has 1 saturated heterocycles. The molecule has 35 heavy (non-hydrogen) atoms. The standard InChI is InChI=1S/C24H31N7O4/c1-2-35-17-16-30-22(27-21-4-3-9-25-23(21)30)18-29-14-12-28(13-15-29)11-10-26-24(32)19-5-7-20(8-6-19)31(33)34/h3-9H,2,10-18H2,1H3,(H,26,32). The van der Waals surface area contributed by atoms with Crippen LogP contribution >= 0.6 is 0 Å². The molecule has 0 unspecified atom stereocenters. The summed E-state index contributed by atoms with van der Waals surface area (Å²) in [6.45, 7) is 9.71. The van der Waals surface area contributed by atoms with E-state index >= 15 is 0 Å². The molecule has 2 aromatic heterocycles. The highest BCUT2D eigenvalue weighted by Gasteiger charge is 2.20. The van der Waals surface area contributed by atoms with E-state index in [1.807, 2.05) is 19.1 Å². The Hall–Kier alpha value is -3.41. The van der Waals surface area contributed by atoms with E-state index < -0.39 is 4.92 Å². The zero-order valence-electron chi connectivity index (χ0n) is 19.9. The molecule has 0 aliphatic carbocycles. The minimum Gasteiger partial charge on any atom is -0.380 e. The monoisotopic (exact) mass is 481 g/mol. The number of piperazine rings is 1. The highest BCUT2D eigenvalue weighted by molar-refractivity contribution is 5.94. The molecular formula is C24H31N7O4. The number of rotatable bonds is 11. The quantitative estimate of drug-likeness (QED) is 0.251. The van der Waals surface area contributed by atoms with Crippen molar-refractivity contribution in [3.8, 4) is 0 Å². The van der Waals surface area contributed by atoms with Gasteiger partial charge in [0.25, 0.3) is 11.6 Å². The SMILES string of the molecule is CCOCCn1c(CN2CCN(CCNC(=O)c3ccc([N+](=O)[O-])cc3)CC2)nc2cccnc21. The van der Waals surface area contributed by atoms with Gasteiger partial charge >= 0.3 is 0 Å². The van der Waals surface area contributed by atoms with Crippen molar-refractivity contribution < 1.29 is 14.5 Å². The molecule has 0 radical (unpaired) electrons. The van der Waals surface area contributed by atoms with Crippen molar-refractivity contribution in [3.05, 3.63) is 64.1 Å². The summed E-state index contributed by atoms with van der Waals surface area (Å²) in [6.07, 6.45) is 1.80. The fourth-order valence-corrected chi connectivity index (χ4v) is 4.20. The highest BCUT2D eigenvalue weighted by Crippen LogP contribution is 2.16. The van der Waals surface area contributed by atoms with Crippen LogP contribution in [0.25, 0.3) is 11.2 Å². The number of nitrogens with zero attached hydrogens (tertiary/aromatic N) is 6. The number of aromatic nitrogens is 3. The molecule has 1 amide bonds. The Morgan fingerprint density at radius 2 is 1.86 bits per heavy atom. The number of carbonyl (C=O) groups is 1. The number of imidazole rings is 1. The number of nitro benzene ring substituents is 1. The Morgan fingerprint density at radius 1 is 1.11 bits per heavy atom. The van der Waals surface area contributed by atoms with Gasteiger partial charge in [-0.3, -0.25) is 24.7 Å². The van der Waals surface area contributed by atoms with Crippen molar-refractivity contribution in [2.75, 3.05) is 52.5 Å². The van der Waals surface area contributed by atoms with Gasteiger partial charge in [0.15, 0.2) is 5.65 Å². The minimum atomic E-state index is -0.477. The maximum Gasteiger partial charge on any atom is 0.269 e. The van der Waals surface area contributed by atoms with Crippen LogP contribution in [0.4, 0.5) is 5.69 Å². The summed E-state index contributed by atoms with van der Waals surface area (Å²) < 4.78 is 7.72. The predicted octanol–water partition coefficient (Wildman–Crippen LogP) is 1.92. The molecule has 3 heterocycles. The number of carbonyl (C=O) groups excluding carboxylic acids is 1. The third-order valence-electron chi connectivity index (χ3n) is 6.13. The number of amides is 1. The second kappa shape index (κ2) is 11.8. The number of benzene rings is 1. The summed E-state index contributed by atoms with van der Waals surface area (Å²) in [7, 11) is 0. The molecule has 1 aliphatic heterocycles. The molecule has 4 rings (SSSR count). The Labute approximate surface area is 203 Å². The van der Waals surface area contributed by atoms with Gasteiger partial charge in [-0.15, -0.1) is 0 Å². The summed E-state index contributed by atoms with van der Waals surface area (Å²) in [6, 6.07) is 9.54. The average Bonchev–Trinajstić information content (AvgIpc) is 3.22. The molecule has 1 aliphatic rings. The summed E-state index contributed by atoms with van der Waals surface area (Å²) in [5.74, 6) is 0.778. The van der Waals surface area contributed by atoms with Gasteiger partial charge in [-0.05, 0) is 31.2 Å². The predicted molar refractivity (Wildman–Crippen MR) is 131 cm³/mol. The first kappa shape index (κ1) is 24.7. The number of ether oxygens (including phenoxy) is 1. The van der Waals surface area contributed by atoms with E-state index in [-0.39, 0.29) is 11.6 Å². The van der Waals surface area contributed by atoms with Gasteiger partial charge in [-0.25, -0.2) is 9.97 Å². The number of hydrogen-bond acceptors (Lipinski definition) is 8. The van der Waals surface area contributed by atoms with Gasteiger partial charge < -0.3 is 14.6 Å². The van der Waals surface area contributed by atoms with E-state index in [0.29, 0.717) is 25.3 Å². The van der Waals surface area contributed by atoms with Crippen LogP contribution in [0.3, 0.4) is 0 Å². The fraction of sp³-hybridized carbons (Fsp3) is 0.458. The Kier molecular flexibility index (Phi) is 8.35. The molecule has 3 aromatic rings. The van der Waals surface area contributed by atoms with E-state index in [2.05, 4.69) is 24.7 Å². The molecular weight excluding hydrogens is 450 g/mol. The van der Waals surface area contributed by atoms with Crippen LogP contribution in [0.15, 0.2) is 42.6 Å². The second-order valence-electron chi connectivity index (χ2n) is 8.40. The Morgan fingerprint density at radius 3 is 2.57 bits per heavy atom. The topological polar surface area (TPSA) is 119 Å². The lowest BCUT2D eigenvalue weighted by molar-refractivity contribution is -0.384. The molecule has 1 aromatic carbocycles. The molecule has 0 bridgehead atoms. The smallest absolute Gasteiger partial charge is 0.269 e. The molecule has 0 atom stereocenters. The summed E-state index contributed by atoms with van der Waals surface area (Å²) in [5, 5.41) is 13.6. The normalized spacial score (nSPS) is 14.9. The van der Waals surface area contributed by atoms with E-state index in [1.54, 1.807) is 6.20 Å². The molecule has 186 valence electrons. The van der Waals surface area contributed by atoms with Crippen molar-refractivity contribution in [2.24, 2.45) is 0 Å². The number of pyridine rings is 1. The number of hydrogen-bond donors (Lipinski definition) is 1. The first-order chi connectivity index (χ1) is 17.0. The van der Waals surface area contributed by atoms with Crippen LogP contribution in [0.1, 0.15) is 23.1 Å². The van der Waals surface area contributed by atoms with Crippen LogP contribution < -0.4 is 5.32 Å². The largest absolute Gasteiger partial charge is 0.380 e. The van der Waals surface area contributed by atoms with Crippen LogP contribution in [0, 0.1) is 10.1 Å². The fourth-order valence-electron chi connectivity index (χ4n) is 4.20. The van der Waals surface area contributed by atoms with Gasteiger partial charge in [0.05, 0.1) is 18.1 Å². The molecule has 0 spiro atoms. The van der Waals surface area contributed by atoms with Gasteiger partial charge in [0, 0.05) is 76.3 Å². The molecule has 11 nitrogen and oxygen atoms in total. The van der Waals surface area contributed by atoms with Crippen LogP contribution in [-0.2, 0) is 17.8 Å². The maximum atomic E-state index is 12.3. The van der Waals surface area contributed by atoms with Gasteiger partial charge in [0.1, 0.15) is 11.3 Å². The number of fused-ring (bicyclic) bond motifs is 1. The van der Waals surface area contributed by atoms with E-state index in [4.69, 9.17) is 9.72 Å². The van der Waals surface area contributed by atoms with Crippen molar-refractivity contribution in [1.82, 2.24) is 29.7 Å². The van der Waals surface area contributed by atoms with Crippen molar-refractivity contribution >= 4 is 22.8 Å². The number of nitro groups is 1. The van der Waals surface area contributed by atoms with Crippen molar-refractivity contribution in [3.63, 3.8) is 0 Å². The Bertz CT molecular complexity index is 1140. The van der Waals surface area contributed by atoms with Crippen LogP contribution in [0.2, 0.25) is 0 Å². The van der Waals surface area contributed by atoms with Crippen LogP contribution in [0.5, 0.6) is 0 Å². The first-order valence-electron chi connectivity index (χ1n) is 11.9. The lowest BCUT2D eigenvalue weighted by Crippen LogP contribution is -2.48. The summed E-state index contributed by atoms with van der Waals surface area (Å²) in [4.78, 5) is 36.6. The number of nitrogens with one attached hydrogen (secondary N) is 1. The summed E-state index contributed by atoms with van der Waals surface area (Å²) >= 11 is 0. The molecule has 11 heteroatoms. The third kappa shape index (κ3) is 6.38. The summed E-state index contributed by atoms with van der Waals surface area (Å²) in [5.41, 5.74) is 2.19. The van der Waals surface area contributed by atoms with Gasteiger partial charge in [-0.2, -0.15) is 0 Å². The van der Waals surface area contributed by atoms with E-state index in [9.17, 15) is 14.9 Å². The minimum absolute atomic E-state index is 0.0273. The lowest BCUT2D eigenvalue weighted by Gasteiger charge is -2.34. The maximum absolute atomic E-state index is 12.3. The van der Waals surface area contributed by atoms with Crippen LogP contribution in [-0.4, -0.2) is 87.6 Å². The first-order valence-corrected chi connectivity index (χ1v) is 11.9. The Balaban J connectivity index is 1.24. The van der Waals surface area contributed by atoms with Gasteiger partial charge in [0.2, 0.25) is 0 Å². The molecule has 0 saturated carbocycles. The zero-order valence-corrected chi connectivity index (χ0v) is 19.9. The van der Waals surface area contributed by atoms with Gasteiger partial charge in [-0.1, -0.05) is 0 Å².